The van der Waals surface area contributed by atoms with Crippen LogP contribution < -0.4 is 0 Å². The standard InChI is InChI=1S/C22H16Se/c1-13-3-5-15-9-19-20-10-16-6-4-14(2)8-18(16)12-22(20)23-21(19)11-17(15)7-13/h3-12H,1-2H3. The van der Waals surface area contributed by atoms with E-state index in [-0.39, 0.29) is 0 Å². The van der Waals surface area contributed by atoms with Crippen LogP contribution in [-0.2, 0) is 0 Å². The maximum absolute atomic E-state index is 2.41. The van der Waals surface area contributed by atoms with E-state index in [2.05, 4.69) is 74.5 Å². The SMILES string of the molecule is Cc1ccc2cc3c(cc2c1)[se]c1cc2cc(C)ccc2cc13. The van der Waals surface area contributed by atoms with Gasteiger partial charge in [-0.3, -0.25) is 0 Å². The van der Waals surface area contributed by atoms with Gasteiger partial charge in [-0.15, -0.1) is 0 Å². The molecule has 4 aromatic carbocycles. The Bertz CT molecular complexity index is 1130. The van der Waals surface area contributed by atoms with Crippen molar-refractivity contribution < 1.29 is 0 Å². The summed E-state index contributed by atoms with van der Waals surface area (Å²) in [5.41, 5.74) is 2.67. The summed E-state index contributed by atoms with van der Waals surface area (Å²) in [5.74, 6) is 0. The average Bonchev–Trinajstić information content (AvgIpc) is 2.86. The van der Waals surface area contributed by atoms with Gasteiger partial charge in [0, 0.05) is 0 Å². The molecule has 0 amide bonds. The molecule has 5 aromatic rings. The van der Waals surface area contributed by atoms with E-state index in [1.807, 2.05) is 0 Å². The van der Waals surface area contributed by atoms with Crippen molar-refractivity contribution >= 4 is 55.3 Å². The number of hydrogen-bond donors (Lipinski definition) is 0. The quantitative estimate of drug-likeness (QED) is 0.299. The van der Waals surface area contributed by atoms with Crippen molar-refractivity contribution in [3.8, 4) is 0 Å². The van der Waals surface area contributed by atoms with Crippen LogP contribution in [0.3, 0.4) is 0 Å². The van der Waals surface area contributed by atoms with E-state index < -0.39 is 0 Å². The van der Waals surface area contributed by atoms with Crippen molar-refractivity contribution in [3.63, 3.8) is 0 Å². The molecule has 5 rings (SSSR count). The van der Waals surface area contributed by atoms with E-state index in [1.54, 1.807) is 0 Å². The van der Waals surface area contributed by atoms with Gasteiger partial charge in [-0.2, -0.15) is 0 Å². The zero-order valence-corrected chi connectivity index (χ0v) is 14.9. The van der Waals surface area contributed by atoms with Crippen molar-refractivity contribution in [3.05, 3.63) is 71.8 Å². The summed E-state index contributed by atoms with van der Waals surface area (Å²) in [6.07, 6.45) is 0. The molecule has 1 heterocycles. The van der Waals surface area contributed by atoms with E-state index in [0.717, 1.165) is 0 Å². The van der Waals surface area contributed by atoms with Gasteiger partial charge in [0.05, 0.1) is 0 Å². The molecule has 0 radical (unpaired) electrons. The van der Waals surface area contributed by atoms with Crippen LogP contribution in [-0.4, -0.2) is 14.5 Å². The molecule has 0 aliphatic rings. The molecule has 0 spiro atoms. The van der Waals surface area contributed by atoms with Crippen LogP contribution in [0.1, 0.15) is 11.1 Å². The van der Waals surface area contributed by atoms with Crippen LogP contribution in [0, 0.1) is 13.8 Å². The molecule has 23 heavy (non-hydrogen) atoms. The molecular formula is C22H16Se. The number of hydrogen-bond acceptors (Lipinski definition) is 0. The van der Waals surface area contributed by atoms with Crippen LogP contribution in [0.15, 0.2) is 60.7 Å². The van der Waals surface area contributed by atoms with Crippen molar-refractivity contribution in [2.24, 2.45) is 0 Å². The Balaban J connectivity index is 1.94. The Morgan fingerprint density at radius 1 is 0.522 bits per heavy atom. The van der Waals surface area contributed by atoms with Crippen molar-refractivity contribution in [2.45, 2.75) is 13.8 Å². The monoisotopic (exact) mass is 360 g/mol. The third kappa shape index (κ3) is 2.05. The first kappa shape index (κ1) is 13.4. The van der Waals surface area contributed by atoms with Gasteiger partial charge in [-0.05, 0) is 0 Å². The van der Waals surface area contributed by atoms with Crippen molar-refractivity contribution in [1.29, 1.82) is 0 Å². The van der Waals surface area contributed by atoms with Gasteiger partial charge in [0.1, 0.15) is 0 Å². The summed E-state index contributed by atoms with van der Waals surface area (Å²) in [4.78, 5) is 0. The summed E-state index contributed by atoms with van der Waals surface area (Å²) in [7, 11) is 0. The van der Waals surface area contributed by atoms with E-state index >= 15 is 0 Å². The molecule has 0 saturated heterocycles. The van der Waals surface area contributed by atoms with E-state index in [4.69, 9.17) is 0 Å². The zero-order valence-electron chi connectivity index (χ0n) is 13.2. The fraction of sp³-hybridized carbons (Fsp3) is 0.0909. The predicted molar refractivity (Wildman–Crippen MR) is 103 cm³/mol. The predicted octanol–water partition coefficient (Wildman–Crippen LogP) is 5.97. The van der Waals surface area contributed by atoms with Gasteiger partial charge in [0.2, 0.25) is 0 Å². The maximum atomic E-state index is 2.41. The molecule has 0 aliphatic carbocycles. The minimum absolute atomic E-state index is 0.417. The summed E-state index contributed by atoms with van der Waals surface area (Å²) in [6.45, 7) is 4.34. The van der Waals surface area contributed by atoms with E-state index in [0.29, 0.717) is 14.5 Å². The Labute approximate surface area is 141 Å². The number of fused-ring (bicyclic) bond motifs is 5. The molecule has 0 unspecified atom stereocenters. The van der Waals surface area contributed by atoms with Crippen molar-refractivity contribution in [1.82, 2.24) is 0 Å². The molecule has 0 fully saturated rings. The molecule has 0 N–H and O–H groups in total. The molecule has 0 atom stereocenters. The third-order valence-electron chi connectivity index (χ3n) is 4.70. The Morgan fingerprint density at radius 3 is 1.48 bits per heavy atom. The molecule has 0 bridgehead atoms. The molecule has 110 valence electrons. The summed E-state index contributed by atoms with van der Waals surface area (Å²) in [5, 5.41) is 8.33. The van der Waals surface area contributed by atoms with Gasteiger partial charge >= 0.3 is 141 Å². The molecule has 1 aromatic heterocycles. The van der Waals surface area contributed by atoms with Crippen LogP contribution >= 0.6 is 0 Å². The molecular weight excluding hydrogens is 343 g/mol. The Hall–Kier alpha value is -2.08. The second kappa shape index (κ2) is 4.71. The van der Waals surface area contributed by atoms with E-state index in [9.17, 15) is 0 Å². The van der Waals surface area contributed by atoms with Crippen LogP contribution in [0.4, 0.5) is 0 Å². The first-order valence-corrected chi connectivity index (χ1v) is 9.66. The Morgan fingerprint density at radius 2 is 1.00 bits per heavy atom. The fourth-order valence-electron chi connectivity index (χ4n) is 3.50. The van der Waals surface area contributed by atoms with Crippen LogP contribution in [0.2, 0.25) is 0 Å². The summed E-state index contributed by atoms with van der Waals surface area (Å²) >= 11 is 0.417. The average molecular weight is 359 g/mol. The van der Waals surface area contributed by atoms with Gasteiger partial charge in [0.15, 0.2) is 0 Å². The number of benzene rings is 4. The van der Waals surface area contributed by atoms with Gasteiger partial charge < -0.3 is 0 Å². The minimum atomic E-state index is 0.417. The third-order valence-corrected chi connectivity index (χ3v) is 7.04. The fourth-order valence-corrected chi connectivity index (χ4v) is 5.95. The topological polar surface area (TPSA) is 0 Å². The van der Waals surface area contributed by atoms with Gasteiger partial charge in [-0.25, -0.2) is 0 Å². The van der Waals surface area contributed by atoms with E-state index in [1.165, 1.54) is 52.0 Å². The molecule has 0 saturated carbocycles. The first-order chi connectivity index (χ1) is 11.2. The number of aryl methyl sites for hydroxylation is 2. The van der Waals surface area contributed by atoms with Crippen LogP contribution in [0.25, 0.3) is 40.8 Å². The first-order valence-electron chi connectivity index (χ1n) is 7.94. The van der Waals surface area contributed by atoms with Gasteiger partial charge in [0.25, 0.3) is 0 Å². The second-order valence-corrected chi connectivity index (χ2v) is 8.77. The number of rotatable bonds is 0. The molecule has 1 heteroatoms. The normalized spacial score (nSPS) is 11.9. The molecule has 0 aliphatic heterocycles. The van der Waals surface area contributed by atoms with Crippen LogP contribution in [0.5, 0.6) is 0 Å². The molecule has 0 nitrogen and oxygen atoms in total. The summed E-state index contributed by atoms with van der Waals surface area (Å²) < 4.78 is 3.05. The summed E-state index contributed by atoms with van der Waals surface area (Å²) in [6, 6.07) is 23.1. The van der Waals surface area contributed by atoms with Gasteiger partial charge in [-0.1, -0.05) is 0 Å². The van der Waals surface area contributed by atoms with Crippen molar-refractivity contribution in [2.75, 3.05) is 0 Å². The zero-order chi connectivity index (χ0) is 15.6. The second-order valence-electron chi connectivity index (χ2n) is 6.50. The Kier molecular flexibility index (Phi) is 2.74.